The van der Waals surface area contributed by atoms with Crippen LogP contribution in [0.1, 0.15) is 44.3 Å². The van der Waals surface area contributed by atoms with Gasteiger partial charge in [-0.25, -0.2) is 4.98 Å². The van der Waals surface area contributed by atoms with Gasteiger partial charge in [0, 0.05) is 12.0 Å². The fraction of sp³-hybridized carbons (Fsp3) is 0.692. The Hall–Kier alpha value is -1.16. The monoisotopic (exact) mass is 237 g/mol. The van der Waals surface area contributed by atoms with E-state index in [4.69, 9.17) is 10.5 Å². The molecule has 17 heavy (non-hydrogen) atoms. The molecule has 96 valence electrons. The summed E-state index contributed by atoms with van der Waals surface area (Å²) < 4.78 is 5.72. The van der Waals surface area contributed by atoms with Crippen molar-refractivity contribution < 1.29 is 4.74 Å². The average molecular weight is 237 g/mol. The molecule has 1 heterocycles. The van der Waals surface area contributed by atoms with E-state index < -0.39 is 0 Å². The molecule has 0 atom stereocenters. The first-order chi connectivity index (χ1) is 8.26. The molecule has 0 aliphatic heterocycles. The van der Waals surface area contributed by atoms with E-state index in [-0.39, 0.29) is 0 Å². The predicted molar refractivity (Wildman–Crippen MR) is 69.3 cm³/mol. The minimum atomic E-state index is 0.602. The molecule has 4 nitrogen and oxygen atoms in total. The number of hydrogen-bond acceptors (Lipinski definition) is 4. The summed E-state index contributed by atoms with van der Waals surface area (Å²) in [7, 11) is 0. The van der Waals surface area contributed by atoms with E-state index in [9.17, 15) is 0 Å². The van der Waals surface area contributed by atoms with Crippen molar-refractivity contribution in [2.45, 2.75) is 46.5 Å². The molecule has 0 aliphatic rings. The Morgan fingerprint density at radius 1 is 1.12 bits per heavy atom. The van der Waals surface area contributed by atoms with E-state index in [0.717, 1.165) is 48.6 Å². The summed E-state index contributed by atoms with van der Waals surface area (Å²) in [5.41, 5.74) is 7.80. The number of rotatable bonds is 7. The van der Waals surface area contributed by atoms with Crippen LogP contribution in [0.4, 0.5) is 0 Å². The van der Waals surface area contributed by atoms with Crippen molar-refractivity contribution in [3.63, 3.8) is 0 Å². The molecule has 0 fully saturated rings. The van der Waals surface area contributed by atoms with Crippen LogP contribution in [0.3, 0.4) is 0 Å². The molecular weight excluding hydrogens is 214 g/mol. The Labute approximate surface area is 104 Å². The standard InChI is InChI=1S/C13H23N3O/c1-4-9-17-13-10(7-8-14)11(5-2)15-12(6-3)16-13/h4-9,14H2,1-3H3. The Morgan fingerprint density at radius 2 is 1.88 bits per heavy atom. The third-order valence-electron chi connectivity index (χ3n) is 2.59. The molecule has 0 unspecified atom stereocenters. The molecule has 4 heteroatoms. The zero-order valence-electron chi connectivity index (χ0n) is 11.1. The maximum atomic E-state index is 5.72. The van der Waals surface area contributed by atoms with E-state index in [2.05, 4.69) is 30.7 Å². The predicted octanol–water partition coefficient (Wildman–Crippen LogP) is 1.89. The molecule has 0 amide bonds. The molecule has 1 rings (SSSR count). The Kier molecular flexibility index (Phi) is 5.91. The van der Waals surface area contributed by atoms with Crippen molar-refractivity contribution in [2.24, 2.45) is 5.73 Å². The summed E-state index contributed by atoms with van der Waals surface area (Å²) >= 11 is 0. The lowest BCUT2D eigenvalue weighted by Gasteiger charge is -2.14. The molecule has 0 saturated heterocycles. The number of ether oxygens (including phenoxy) is 1. The lowest BCUT2D eigenvalue weighted by Crippen LogP contribution is -2.13. The third kappa shape index (κ3) is 3.66. The van der Waals surface area contributed by atoms with Crippen molar-refractivity contribution in [3.8, 4) is 5.88 Å². The van der Waals surface area contributed by atoms with Crippen LogP contribution < -0.4 is 10.5 Å². The highest BCUT2D eigenvalue weighted by molar-refractivity contribution is 5.31. The zero-order valence-corrected chi connectivity index (χ0v) is 11.1. The number of aromatic nitrogens is 2. The minimum absolute atomic E-state index is 0.602. The summed E-state index contributed by atoms with van der Waals surface area (Å²) in [4.78, 5) is 9.02. The van der Waals surface area contributed by atoms with Gasteiger partial charge >= 0.3 is 0 Å². The Morgan fingerprint density at radius 3 is 2.41 bits per heavy atom. The van der Waals surface area contributed by atoms with Gasteiger partial charge in [0.15, 0.2) is 0 Å². The zero-order chi connectivity index (χ0) is 12.7. The molecule has 0 aliphatic carbocycles. The van der Waals surface area contributed by atoms with Crippen LogP contribution in [-0.4, -0.2) is 23.1 Å². The largest absolute Gasteiger partial charge is 0.477 e. The van der Waals surface area contributed by atoms with Gasteiger partial charge in [-0.1, -0.05) is 20.8 Å². The second-order valence-electron chi connectivity index (χ2n) is 3.96. The van der Waals surface area contributed by atoms with Crippen molar-refractivity contribution in [2.75, 3.05) is 13.2 Å². The van der Waals surface area contributed by atoms with Crippen molar-refractivity contribution in [1.29, 1.82) is 0 Å². The second kappa shape index (κ2) is 7.22. The quantitative estimate of drug-likeness (QED) is 0.786. The van der Waals surface area contributed by atoms with Crippen LogP contribution in [0.15, 0.2) is 0 Å². The minimum Gasteiger partial charge on any atom is -0.477 e. The highest BCUT2D eigenvalue weighted by Gasteiger charge is 2.13. The first kappa shape index (κ1) is 13.9. The van der Waals surface area contributed by atoms with Crippen LogP contribution >= 0.6 is 0 Å². The molecule has 0 aromatic carbocycles. The molecule has 0 spiro atoms. The summed E-state index contributed by atoms with van der Waals surface area (Å²) in [6, 6.07) is 0. The highest BCUT2D eigenvalue weighted by atomic mass is 16.5. The van der Waals surface area contributed by atoms with Crippen molar-refractivity contribution in [1.82, 2.24) is 9.97 Å². The van der Waals surface area contributed by atoms with Gasteiger partial charge < -0.3 is 10.5 Å². The number of nitrogens with two attached hydrogens (primary N) is 1. The van der Waals surface area contributed by atoms with E-state index in [1.165, 1.54) is 0 Å². The van der Waals surface area contributed by atoms with Crippen molar-refractivity contribution in [3.05, 3.63) is 17.1 Å². The molecular formula is C13H23N3O. The molecule has 2 N–H and O–H groups in total. The molecule has 0 bridgehead atoms. The number of aryl methyl sites for hydroxylation is 2. The van der Waals surface area contributed by atoms with E-state index in [0.29, 0.717) is 13.2 Å². The van der Waals surface area contributed by atoms with E-state index in [1.54, 1.807) is 0 Å². The van der Waals surface area contributed by atoms with Crippen LogP contribution in [0.2, 0.25) is 0 Å². The molecule has 1 aromatic heterocycles. The normalized spacial score (nSPS) is 10.6. The summed E-state index contributed by atoms with van der Waals surface area (Å²) in [5, 5.41) is 0. The molecule has 1 aromatic rings. The first-order valence-corrected chi connectivity index (χ1v) is 6.48. The van der Waals surface area contributed by atoms with Gasteiger partial charge in [-0.2, -0.15) is 4.98 Å². The van der Waals surface area contributed by atoms with Crippen LogP contribution in [0.5, 0.6) is 5.88 Å². The fourth-order valence-electron chi connectivity index (χ4n) is 1.72. The fourth-order valence-corrected chi connectivity index (χ4v) is 1.72. The summed E-state index contributed by atoms with van der Waals surface area (Å²) in [6.45, 7) is 7.54. The first-order valence-electron chi connectivity index (χ1n) is 6.48. The maximum Gasteiger partial charge on any atom is 0.220 e. The van der Waals surface area contributed by atoms with Gasteiger partial charge in [0.05, 0.1) is 12.3 Å². The number of nitrogens with zero attached hydrogens (tertiary/aromatic N) is 2. The lowest BCUT2D eigenvalue weighted by molar-refractivity contribution is 0.299. The highest BCUT2D eigenvalue weighted by Crippen LogP contribution is 2.20. The smallest absolute Gasteiger partial charge is 0.220 e. The SMILES string of the molecule is CCCOc1nc(CC)nc(CC)c1CCN. The molecule has 0 saturated carbocycles. The average Bonchev–Trinajstić information content (AvgIpc) is 2.37. The van der Waals surface area contributed by atoms with Crippen LogP contribution in [0, 0.1) is 0 Å². The van der Waals surface area contributed by atoms with Gasteiger partial charge in [-0.3, -0.25) is 0 Å². The molecule has 0 radical (unpaired) electrons. The summed E-state index contributed by atoms with van der Waals surface area (Å²) in [5.74, 6) is 1.59. The van der Waals surface area contributed by atoms with E-state index >= 15 is 0 Å². The van der Waals surface area contributed by atoms with Gasteiger partial charge in [0.25, 0.3) is 0 Å². The summed E-state index contributed by atoms with van der Waals surface area (Å²) in [6.07, 6.45) is 3.49. The van der Waals surface area contributed by atoms with Gasteiger partial charge in [-0.05, 0) is 25.8 Å². The maximum absolute atomic E-state index is 5.72. The topological polar surface area (TPSA) is 61.0 Å². The van der Waals surface area contributed by atoms with Crippen LogP contribution in [-0.2, 0) is 19.3 Å². The van der Waals surface area contributed by atoms with Gasteiger partial charge in [0.1, 0.15) is 5.82 Å². The van der Waals surface area contributed by atoms with Crippen LogP contribution in [0.25, 0.3) is 0 Å². The Balaban J connectivity index is 3.10. The van der Waals surface area contributed by atoms with Gasteiger partial charge in [-0.15, -0.1) is 0 Å². The lowest BCUT2D eigenvalue weighted by atomic mass is 10.1. The Bertz CT molecular complexity index is 353. The van der Waals surface area contributed by atoms with Crippen molar-refractivity contribution >= 4 is 0 Å². The second-order valence-corrected chi connectivity index (χ2v) is 3.96. The van der Waals surface area contributed by atoms with E-state index in [1.807, 2.05) is 0 Å². The third-order valence-corrected chi connectivity index (χ3v) is 2.59. The number of hydrogen-bond donors (Lipinski definition) is 1. The van der Waals surface area contributed by atoms with Gasteiger partial charge in [0.2, 0.25) is 5.88 Å².